The number of rotatable bonds is 8. The Morgan fingerprint density at radius 2 is 1.90 bits per heavy atom. The normalized spacial score (nSPS) is 15.5. The zero-order valence-corrected chi connectivity index (χ0v) is 13.4. The highest BCUT2D eigenvalue weighted by atomic mass is 16.5. The fourth-order valence-electron chi connectivity index (χ4n) is 2.57. The van der Waals surface area contributed by atoms with Crippen molar-refractivity contribution >= 4 is 0 Å². The third-order valence-electron chi connectivity index (χ3n) is 3.83. The summed E-state index contributed by atoms with van der Waals surface area (Å²) in [6.45, 7) is 6.96. The van der Waals surface area contributed by atoms with E-state index in [0.29, 0.717) is 6.61 Å². The van der Waals surface area contributed by atoms with Crippen LogP contribution in [0.1, 0.15) is 38.8 Å². The molecule has 0 amide bonds. The Hall–Kier alpha value is -1.26. The van der Waals surface area contributed by atoms with Gasteiger partial charge in [-0.1, -0.05) is 6.92 Å². The van der Waals surface area contributed by atoms with Crippen molar-refractivity contribution in [3.8, 4) is 11.5 Å². The van der Waals surface area contributed by atoms with Crippen LogP contribution < -0.4 is 14.8 Å². The Morgan fingerprint density at radius 3 is 2.35 bits per heavy atom. The van der Waals surface area contributed by atoms with Crippen LogP contribution in [0, 0.1) is 0 Å². The maximum Gasteiger partial charge on any atom is 0.127 e. The molecule has 0 fully saturated rings. The Bertz CT molecular complexity index is 422. The first kappa shape index (κ1) is 16.8. The molecule has 0 saturated carbocycles. The van der Waals surface area contributed by atoms with E-state index >= 15 is 0 Å². The van der Waals surface area contributed by atoms with Crippen LogP contribution in [0.25, 0.3) is 0 Å². The molecule has 114 valence electrons. The lowest BCUT2D eigenvalue weighted by Gasteiger charge is -2.37. The molecule has 1 N–H and O–H groups in total. The van der Waals surface area contributed by atoms with Gasteiger partial charge in [0.2, 0.25) is 0 Å². The summed E-state index contributed by atoms with van der Waals surface area (Å²) >= 11 is 0. The molecule has 1 rings (SSSR count). The number of hydrogen-bond donors (Lipinski definition) is 1. The predicted molar refractivity (Wildman–Crippen MR) is 81.7 cm³/mol. The van der Waals surface area contributed by atoms with Gasteiger partial charge in [0.05, 0.1) is 25.9 Å². The number of hydrogen-bond acceptors (Lipinski definition) is 4. The van der Waals surface area contributed by atoms with Crippen LogP contribution in [-0.2, 0) is 4.74 Å². The van der Waals surface area contributed by atoms with Crippen LogP contribution >= 0.6 is 0 Å². The van der Waals surface area contributed by atoms with E-state index in [1.165, 1.54) is 0 Å². The summed E-state index contributed by atoms with van der Waals surface area (Å²) in [5, 5.41) is 3.36. The van der Waals surface area contributed by atoms with Crippen LogP contribution in [0.5, 0.6) is 11.5 Å². The third kappa shape index (κ3) is 3.44. The van der Waals surface area contributed by atoms with E-state index in [9.17, 15) is 0 Å². The largest absolute Gasteiger partial charge is 0.497 e. The second-order valence-electron chi connectivity index (χ2n) is 4.93. The van der Waals surface area contributed by atoms with E-state index in [1.54, 1.807) is 14.2 Å². The quantitative estimate of drug-likeness (QED) is 0.794. The first-order chi connectivity index (χ1) is 9.56. The molecule has 1 aromatic rings. The van der Waals surface area contributed by atoms with Crippen molar-refractivity contribution in [2.24, 2.45) is 0 Å². The van der Waals surface area contributed by atoms with Gasteiger partial charge in [0, 0.05) is 18.2 Å². The highest BCUT2D eigenvalue weighted by Gasteiger charge is 2.35. The minimum atomic E-state index is -0.286. The molecule has 0 radical (unpaired) electrons. The Kier molecular flexibility index (Phi) is 6.30. The Morgan fingerprint density at radius 1 is 1.20 bits per heavy atom. The lowest BCUT2D eigenvalue weighted by atomic mass is 9.87. The molecule has 0 aliphatic carbocycles. The van der Waals surface area contributed by atoms with Crippen molar-refractivity contribution in [1.29, 1.82) is 0 Å². The lowest BCUT2D eigenvalue weighted by Crippen LogP contribution is -2.42. The summed E-state index contributed by atoms with van der Waals surface area (Å²) < 4.78 is 16.8. The fourth-order valence-corrected chi connectivity index (χ4v) is 2.57. The van der Waals surface area contributed by atoms with Gasteiger partial charge >= 0.3 is 0 Å². The predicted octanol–water partition coefficient (Wildman–Crippen LogP) is 3.17. The molecule has 20 heavy (non-hydrogen) atoms. The van der Waals surface area contributed by atoms with E-state index in [0.717, 1.165) is 23.5 Å². The number of nitrogens with one attached hydrogen (secondary N) is 1. The summed E-state index contributed by atoms with van der Waals surface area (Å²) in [4.78, 5) is 0. The summed E-state index contributed by atoms with van der Waals surface area (Å²) in [6, 6.07) is 5.94. The smallest absolute Gasteiger partial charge is 0.127 e. The highest BCUT2D eigenvalue weighted by molar-refractivity contribution is 5.43. The minimum Gasteiger partial charge on any atom is -0.497 e. The van der Waals surface area contributed by atoms with E-state index in [-0.39, 0.29) is 11.6 Å². The second-order valence-corrected chi connectivity index (χ2v) is 4.93. The molecule has 4 nitrogen and oxygen atoms in total. The molecule has 1 aromatic carbocycles. The van der Waals surface area contributed by atoms with Crippen LogP contribution in [0.3, 0.4) is 0 Å². The number of ether oxygens (including phenoxy) is 3. The van der Waals surface area contributed by atoms with Crippen molar-refractivity contribution in [3.63, 3.8) is 0 Å². The first-order valence-electron chi connectivity index (χ1n) is 7.09. The zero-order chi connectivity index (χ0) is 15.2. The minimum absolute atomic E-state index is 0.0494. The molecular formula is C16H27NO3. The number of likely N-dealkylation sites (N-methyl/N-ethyl adjacent to an activating group) is 1. The van der Waals surface area contributed by atoms with Crippen molar-refractivity contribution in [1.82, 2.24) is 5.32 Å². The van der Waals surface area contributed by atoms with Crippen LogP contribution in [0.15, 0.2) is 18.2 Å². The Labute approximate surface area is 122 Å². The molecular weight excluding hydrogens is 254 g/mol. The molecule has 0 aliphatic heterocycles. The fraction of sp³-hybridized carbons (Fsp3) is 0.625. The van der Waals surface area contributed by atoms with Crippen LogP contribution in [0.2, 0.25) is 0 Å². The molecule has 0 aliphatic rings. The van der Waals surface area contributed by atoms with Gasteiger partial charge in [0.15, 0.2) is 0 Å². The number of benzene rings is 1. The highest BCUT2D eigenvalue weighted by Crippen LogP contribution is 2.38. The van der Waals surface area contributed by atoms with Gasteiger partial charge < -0.3 is 19.5 Å². The first-order valence-corrected chi connectivity index (χ1v) is 7.09. The molecule has 2 atom stereocenters. The van der Waals surface area contributed by atoms with E-state index in [1.807, 2.05) is 32.2 Å². The molecule has 0 bridgehead atoms. The monoisotopic (exact) mass is 281 g/mol. The lowest BCUT2D eigenvalue weighted by molar-refractivity contribution is -0.0551. The van der Waals surface area contributed by atoms with E-state index in [2.05, 4.69) is 19.2 Å². The number of methoxy groups -OCH3 is 2. The maximum absolute atomic E-state index is 5.99. The van der Waals surface area contributed by atoms with E-state index in [4.69, 9.17) is 14.2 Å². The topological polar surface area (TPSA) is 39.7 Å². The molecule has 4 heteroatoms. The third-order valence-corrected chi connectivity index (χ3v) is 3.83. The summed E-state index contributed by atoms with van der Waals surface area (Å²) in [6.07, 6.45) is 0.904. The van der Waals surface area contributed by atoms with Crippen molar-refractivity contribution in [2.75, 3.05) is 27.9 Å². The van der Waals surface area contributed by atoms with Crippen LogP contribution in [0.4, 0.5) is 0 Å². The SMILES string of the molecule is CCOC(C)(CC)C(NC)c1ccc(OC)cc1OC. The summed E-state index contributed by atoms with van der Waals surface area (Å²) in [5.41, 5.74) is 0.791. The molecule has 0 aromatic heterocycles. The molecule has 0 spiro atoms. The average molecular weight is 281 g/mol. The van der Waals surface area contributed by atoms with Crippen molar-refractivity contribution < 1.29 is 14.2 Å². The average Bonchev–Trinajstić information content (AvgIpc) is 2.48. The van der Waals surface area contributed by atoms with Crippen LogP contribution in [-0.4, -0.2) is 33.5 Å². The van der Waals surface area contributed by atoms with Crippen molar-refractivity contribution in [3.05, 3.63) is 23.8 Å². The molecule has 0 saturated heterocycles. The Balaban J connectivity index is 3.23. The molecule has 0 heterocycles. The summed E-state index contributed by atoms with van der Waals surface area (Å²) in [5.74, 6) is 1.60. The van der Waals surface area contributed by atoms with Gasteiger partial charge in [-0.2, -0.15) is 0 Å². The van der Waals surface area contributed by atoms with Gasteiger partial charge in [-0.25, -0.2) is 0 Å². The molecule has 2 unspecified atom stereocenters. The van der Waals surface area contributed by atoms with Gasteiger partial charge in [0.25, 0.3) is 0 Å². The van der Waals surface area contributed by atoms with E-state index < -0.39 is 0 Å². The van der Waals surface area contributed by atoms with Crippen molar-refractivity contribution in [2.45, 2.75) is 38.8 Å². The summed E-state index contributed by atoms with van der Waals surface area (Å²) in [7, 11) is 5.27. The van der Waals surface area contributed by atoms with Gasteiger partial charge in [0.1, 0.15) is 11.5 Å². The van der Waals surface area contributed by atoms with Gasteiger partial charge in [-0.3, -0.25) is 0 Å². The second kappa shape index (κ2) is 7.50. The van der Waals surface area contributed by atoms with Gasteiger partial charge in [-0.15, -0.1) is 0 Å². The standard InChI is InChI=1S/C16H27NO3/c1-7-16(3,20-8-2)15(17-4)13-10-9-12(18-5)11-14(13)19-6/h9-11,15,17H,7-8H2,1-6H3. The zero-order valence-electron chi connectivity index (χ0n) is 13.4. The van der Waals surface area contributed by atoms with Gasteiger partial charge in [-0.05, 0) is 39.4 Å². The maximum atomic E-state index is 5.99.